The maximum atomic E-state index is 11.0. The third-order valence-electron chi connectivity index (χ3n) is 2.14. The van der Waals surface area contributed by atoms with Crippen molar-refractivity contribution in [3.8, 4) is 0 Å². The number of anilines is 1. The number of nitrogens with zero attached hydrogens (tertiary/aromatic N) is 1. The van der Waals surface area contributed by atoms with Crippen LogP contribution in [0.5, 0.6) is 0 Å². The van der Waals surface area contributed by atoms with Gasteiger partial charge in [0, 0.05) is 6.20 Å². The van der Waals surface area contributed by atoms with Crippen LogP contribution in [-0.2, 0) is 4.79 Å². The van der Waals surface area contributed by atoms with E-state index in [4.69, 9.17) is 5.73 Å². The molecule has 0 spiro atoms. The first-order chi connectivity index (χ1) is 7.06. The highest BCUT2D eigenvalue weighted by Crippen LogP contribution is 2.23. The van der Waals surface area contributed by atoms with E-state index in [9.17, 15) is 4.79 Å². The van der Waals surface area contributed by atoms with Gasteiger partial charge in [0.2, 0.25) is 5.91 Å². The van der Waals surface area contributed by atoms with Gasteiger partial charge in [0.25, 0.3) is 0 Å². The van der Waals surface area contributed by atoms with Gasteiger partial charge in [-0.3, -0.25) is 4.79 Å². The number of hydrogen-bond acceptors (Lipinski definition) is 3. The minimum Gasteiger partial charge on any atom is -0.368 e. The second kappa shape index (κ2) is 5.11. The fourth-order valence-corrected chi connectivity index (χ4v) is 1.53. The molecular weight excluding hydrogens is 258 g/mol. The topological polar surface area (TPSA) is 68.0 Å². The molecule has 1 aromatic heterocycles. The summed E-state index contributed by atoms with van der Waals surface area (Å²) in [6.07, 6.45) is 2.33. The Balaban J connectivity index is 2.88. The van der Waals surface area contributed by atoms with Crippen molar-refractivity contribution >= 4 is 27.7 Å². The molecule has 0 bridgehead atoms. The summed E-state index contributed by atoms with van der Waals surface area (Å²) in [4.78, 5) is 15.2. The first kappa shape index (κ1) is 12.0. The number of aryl methyl sites for hydroxylation is 1. The van der Waals surface area contributed by atoms with Gasteiger partial charge in [0.1, 0.15) is 11.9 Å². The maximum Gasteiger partial charge on any atom is 0.239 e. The maximum absolute atomic E-state index is 11.0. The summed E-state index contributed by atoms with van der Waals surface area (Å²) < 4.78 is 0.865. The first-order valence-corrected chi connectivity index (χ1v) is 5.52. The lowest BCUT2D eigenvalue weighted by Gasteiger charge is -2.15. The van der Waals surface area contributed by atoms with Gasteiger partial charge in [0.15, 0.2) is 0 Å². The van der Waals surface area contributed by atoms with E-state index in [2.05, 4.69) is 26.2 Å². The van der Waals surface area contributed by atoms with Crippen LogP contribution < -0.4 is 11.1 Å². The second-order valence-corrected chi connectivity index (χ2v) is 4.09. The van der Waals surface area contributed by atoms with E-state index in [1.807, 2.05) is 19.9 Å². The summed E-state index contributed by atoms with van der Waals surface area (Å²) in [7, 11) is 0. The van der Waals surface area contributed by atoms with Gasteiger partial charge in [-0.05, 0) is 40.9 Å². The predicted molar refractivity (Wildman–Crippen MR) is 63.6 cm³/mol. The second-order valence-electron chi connectivity index (χ2n) is 3.30. The van der Waals surface area contributed by atoms with Gasteiger partial charge >= 0.3 is 0 Å². The first-order valence-electron chi connectivity index (χ1n) is 4.73. The standard InChI is InChI=1S/C10H14BrN3O/c1-3-7(9(12)15)14-10-8(11)6(2)4-5-13-10/h4-5,7H,3H2,1-2H3,(H2,12,15)(H,13,14). The predicted octanol–water partition coefficient (Wildman–Crippen LogP) is 1.83. The summed E-state index contributed by atoms with van der Waals surface area (Å²) in [5.41, 5.74) is 6.30. The highest BCUT2D eigenvalue weighted by molar-refractivity contribution is 9.10. The third kappa shape index (κ3) is 2.92. The molecule has 0 aliphatic heterocycles. The van der Waals surface area contributed by atoms with E-state index in [0.29, 0.717) is 12.2 Å². The lowest BCUT2D eigenvalue weighted by molar-refractivity contribution is -0.118. The molecule has 0 fully saturated rings. The van der Waals surface area contributed by atoms with Crippen molar-refractivity contribution < 1.29 is 4.79 Å². The molecule has 1 amide bonds. The Kier molecular flexibility index (Phi) is 4.08. The average molecular weight is 272 g/mol. The highest BCUT2D eigenvalue weighted by Gasteiger charge is 2.14. The van der Waals surface area contributed by atoms with Crippen LogP contribution in [0.3, 0.4) is 0 Å². The van der Waals surface area contributed by atoms with E-state index in [1.165, 1.54) is 0 Å². The lowest BCUT2D eigenvalue weighted by atomic mass is 10.2. The van der Waals surface area contributed by atoms with Crippen LogP contribution in [-0.4, -0.2) is 16.9 Å². The normalized spacial score (nSPS) is 12.2. The van der Waals surface area contributed by atoms with Crippen LogP contribution in [0.2, 0.25) is 0 Å². The average Bonchev–Trinajstić information content (AvgIpc) is 2.19. The molecule has 0 aliphatic rings. The molecule has 0 radical (unpaired) electrons. The quantitative estimate of drug-likeness (QED) is 0.878. The van der Waals surface area contributed by atoms with Gasteiger partial charge in [0.05, 0.1) is 4.47 Å². The summed E-state index contributed by atoms with van der Waals surface area (Å²) in [6, 6.07) is 1.51. The Labute approximate surface area is 97.4 Å². The summed E-state index contributed by atoms with van der Waals surface area (Å²) >= 11 is 3.41. The molecule has 1 atom stereocenters. The SMILES string of the molecule is CCC(Nc1nccc(C)c1Br)C(N)=O. The van der Waals surface area contributed by atoms with Gasteiger partial charge < -0.3 is 11.1 Å². The smallest absolute Gasteiger partial charge is 0.239 e. The number of primary amides is 1. The van der Waals surface area contributed by atoms with Gasteiger partial charge in [-0.2, -0.15) is 0 Å². The summed E-state index contributed by atoms with van der Waals surface area (Å²) in [6.45, 7) is 3.86. The highest BCUT2D eigenvalue weighted by atomic mass is 79.9. The molecule has 1 rings (SSSR count). The van der Waals surface area contributed by atoms with Crippen molar-refractivity contribution in [3.63, 3.8) is 0 Å². The van der Waals surface area contributed by atoms with Crippen LogP contribution in [0.4, 0.5) is 5.82 Å². The fraction of sp³-hybridized carbons (Fsp3) is 0.400. The molecule has 15 heavy (non-hydrogen) atoms. The molecule has 0 saturated heterocycles. The lowest BCUT2D eigenvalue weighted by Crippen LogP contribution is -2.35. The minimum absolute atomic E-state index is 0.368. The zero-order chi connectivity index (χ0) is 11.4. The molecule has 1 unspecified atom stereocenters. The van der Waals surface area contributed by atoms with Crippen molar-refractivity contribution in [1.29, 1.82) is 0 Å². The van der Waals surface area contributed by atoms with Gasteiger partial charge in [-0.15, -0.1) is 0 Å². The molecule has 0 saturated carbocycles. The number of carbonyl (C=O) groups excluding carboxylic acids is 1. The van der Waals surface area contributed by atoms with Crippen LogP contribution in [0.1, 0.15) is 18.9 Å². The number of halogens is 1. The van der Waals surface area contributed by atoms with Crippen molar-refractivity contribution in [2.45, 2.75) is 26.3 Å². The summed E-state index contributed by atoms with van der Waals surface area (Å²) in [5.74, 6) is 0.286. The van der Waals surface area contributed by atoms with E-state index in [0.717, 1.165) is 10.0 Å². The molecule has 4 nitrogen and oxygen atoms in total. The van der Waals surface area contributed by atoms with Crippen LogP contribution in [0, 0.1) is 6.92 Å². The Morgan fingerprint density at radius 3 is 2.93 bits per heavy atom. The van der Waals surface area contributed by atoms with E-state index < -0.39 is 0 Å². The number of amides is 1. The third-order valence-corrected chi connectivity index (χ3v) is 3.15. The molecule has 82 valence electrons. The molecule has 0 aromatic carbocycles. The molecule has 1 aromatic rings. The van der Waals surface area contributed by atoms with Gasteiger partial charge in [-0.1, -0.05) is 6.92 Å². The van der Waals surface area contributed by atoms with Crippen molar-refractivity contribution in [2.75, 3.05) is 5.32 Å². The van der Waals surface area contributed by atoms with Crippen LogP contribution in [0.25, 0.3) is 0 Å². The molecule has 1 heterocycles. The number of nitrogens with two attached hydrogens (primary N) is 1. The van der Waals surface area contributed by atoms with E-state index >= 15 is 0 Å². The Morgan fingerprint density at radius 2 is 2.40 bits per heavy atom. The summed E-state index contributed by atoms with van der Waals surface area (Å²) in [5, 5.41) is 3.00. The van der Waals surface area contributed by atoms with E-state index in [-0.39, 0.29) is 11.9 Å². The van der Waals surface area contributed by atoms with E-state index in [1.54, 1.807) is 6.20 Å². The largest absolute Gasteiger partial charge is 0.368 e. The van der Waals surface area contributed by atoms with Crippen LogP contribution >= 0.6 is 15.9 Å². The van der Waals surface area contributed by atoms with Crippen molar-refractivity contribution in [3.05, 3.63) is 22.3 Å². The van der Waals surface area contributed by atoms with Gasteiger partial charge in [-0.25, -0.2) is 4.98 Å². The fourth-order valence-electron chi connectivity index (χ4n) is 1.18. The van der Waals surface area contributed by atoms with Crippen molar-refractivity contribution in [2.24, 2.45) is 5.73 Å². The number of pyridine rings is 1. The molecular formula is C10H14BrN3O. The number of hydrogen-bond donors (Lipinski definition) is 2. The zero-order valence-electron chi connectivity index (χ0n) is 8.75. The Hall–Kier alpha value is -1.10. The molecule has 3 N–H and O–H groups in total. The minimum atomic E-state index is -0.379. The number of aromatic nitrogens is 1. The molecule has 5 heteroatoms. The number of carbonyl (C=O) groups is 1. The monoisotopic (exact) mass is 271 g/mol. The zero-order valence-corrected chi connectivity index (χ0v) is 10.3. The Morgan fingerprint density at radius 1 is 1.73 bits per heavy atom. The Bertz CT molecular complexity index is 368. The van der Waals surface area contributed by atoms with Crippen LogP contribution in [0.15, 0.2) is 16.7 Å². The molecule has 0 aliphatic carbocycles. The van der Waals surface area contributed by atoms with Crippen molar-refractivity contribution in [1.82, 2.24) is 4.98 Å². The number of rotatable bonds is 4. The number of nitrogens with one attached hydrogen (secondary N) is 1.